The molecule has 0 radical (unpaired) electrons. The number of fused-ring (bicyclic) bond motifs is 3. The summed E-state index contributed by atoms with van der Waals surface area (Å²) >= 11 is 0. The minimum atomic E-state index is -0.826. The molecule has 4 rings (SSSR count). The van der Waals surface area contributed by atoms with Crippen molar-refractivity contribution in [1.82, 2.24) is 0 Å². The highest BCUT2D eigenvalue weighted by Crippen LogP contribution is 2.64. The van der Waals surface area contributed by atoms with Crippen molar-refractivity contribution < 1.29 is 14.9 Å². The SMILES string of the molecule is Cc1ccc2c(c1)[C@@]1(C)CCC([C@@H](O[C@H](C)C[C@@H](C)O)c3ccccc3)C(C)(C)[C@]1(O)CC2. The molecule has 33 heavy (non-hydrogen) atoms. The minimum Gasteiger partial charge on any atom is -0.393 e. The van der Waals surface area contributed by atoms with Crippen molar-refractivity contribution in [2.24, 2.45) is 11.3 Å². The molecule has 6 atom stereocenters. The highest BCUT2D eigenvalue weighted by molar-refractivity contribution is 5.44. The van der Waals surface area contributed by atoms with Crippen molar-refractivity contribution in [1.29, 1.82) is 0 Å². The second-order valence-electron chi connectivity index (χ2n) is 11.6. The van der Waals surface area contributed by atoms with Crippen LogP contribution in [0.15, 0.2) is 48.5 Å². The first-order chi connectivity index (χ1) is 15.5. The number of benzene rings is 2. The highest BCUT2D eigenvalue weighted by Gasteiger charge is 2.64. The van der Waals surface area contributed by atoms with Gasteiger partial charge in [0.1, 0.15) is 0 Å². The molecule has 2 aliphatic carbocycles. The predicted molar refractivity (Wildman–Crippen MR) is 134 cm³/mol. The first kappa shape index (κ1) is 24.4. The molecule has 0 aromatic heterocycles. The van der Waals surface area contributed by atoms with Crippen molar-refractivity contribution >= 4 is 0 Å². The average molecular weight is 451 g/mol. The number of hydrogen-bond donors (Lipinski definition) is 2. The Labute approximate surface area is 200 Å². The molecule has 0 saturated heterocycles. The van der Waals surface area contributed by atoms with Gasteiger partial charge in [0.05, 0.1) is 23.9 Å². The van der Waals surface area contributed by atoms with E-state index in [1.165, 1.54) is 16.7 Å². The van der Waals surface area contributed by atoms with Crippen LogP contribution in [-0.2, 0) is 16.6 Å². The van der Waals surface area contributed by atoms with E-state index in [1.807, 2.05) is 13.0 Å². The first-order valence-corrected chi connectivity index (χ1v) is 12.7. The summed E-state index contributed by atoms with van der Waals surface area (Å²) in [7, 11) is 0. The molecule has 2 aromatic rings. The molecule has 2 N–H and O–H groups in total. The largest absolute Gasteiger partial charge is 0.393 e. The predicted octanol–water partition coefficient (Wildman–Crippen LogP) is 6.28. The van der Waals surface area contributed by atoms with Crippen LogP contribution >= 0.6 is 0 Å². The lowest BCUT2D eigenvalue weighted by molar-refractivity contribution is -0.213. The summed E-state index contributed by atoms with van der Waals surface area (Å²) < 4.78 is 6.70. The van der Waals surface area contributed by atoms with Gasteiger partial charge in [0.25, 0.3) is 0 Å². The zero-order valence-electron chi connectivity index (χ0n) is 21.3. The van der Waals surface area contributed by atoms with E-state index in [-0.39, 0.29) is 29.0 Å². The van der Waals surface area contributed by atoms with Gasteiger partial charge in [-0.3, -0.25) is 0 Å². The third kappa shape index (κ3) is 4.07. The van der Waals surface area contributed by atoms with Gasteiger partial charge in [0.15, 0.2) is 0 Å². The molecule has 0 heterocycles. The van der Waals surface area contributed by atoms with E-state index in [4.69, 9.17) is 4.74 Å². The Morgan fingerprint density at radius 2 is 1.73 bits per heavy atom. The Bertz CT molecular complexity index is 966. The lowest BCUT2D eigenvalue weighted by Crippen LogP contribution is -2.67. The van der Waals surface area contributed by atoms with Gasteiger partial charge in [0, 0.05) is 5.41 Å². The molecule has 2 aromatic carbocycles. The fraction of sp³-hybridized carbons (Fsp3) is 0.600. The smallest absolute Gasteiger partial charge is 0.0862 e. The van der Waals surface area contributed by atoms with E-state index < -0.39 is 11.7 Å². The molecule has 0 aliphatic heterocycles. The number of ether oxygens (including phenoxy) is 1. The van der Waals surface area contributed by atoms with Gasteiger partial charge in [-0.25, -0.2) is 0 Å². The molecular weight excluding hydrogens is 408 g/mol. The van der Waals surface area contributed by atoms with Gasteiger partial charge in [-0.15, -0.1) is 0 Å². The quantitative estimate of drug-likeness (QED) is 0.544. The Morgan fingerprint density at radius 3 is 2.39 bits per heavy atom. The van der Waals surface area contributed by atoms with Crippen molar-refractivity contribution in [2.75, 3.05) is 0 Å². The molecule has 1 fully saturated rings. The molecule has 0 bridgehead atoms. The molecule has 180 valence electrons. The van der Waals surface area contributed by atoms with Gasteiger partial charge in [-0.05, 0) is 80.9 Å². The highest BCUT2D eigenvalue weighted by atomic mass is 16.5. The summed E-state index contributed by atoms with van der Waals surface area (Å²) in [5.74, 6) is 0.167. The monoisotopic (exact) mass is 450 g/mol. The van der Waals surface area contributed by atoms with Crippen LogP contribution in [0.1, 0.15) is 88.7 Å². The summed E-state index contributed by atoms with van der Waals surface area (Å²) in [6.45, 7) is 12.8. The summed E-state index contributed by atoms with van der Waals surface area (Å²) in [6, 6.07) is 17.2. The van der Waals surface area contributed by atoms with Crippen molar-refractivity contribution in [3.63, 3.8) is 0 Å². The Hall–Kier alpha value is -1.68. The molecule has 1 unspecified atom stereocenters. The molecule has 3 nitrogen and oxygen atoms in total. The summed E-state index contributed by atoms with van der Waals surface area (Å²) in [4.78, 5) is 0. The summed E-state index contributed by atoms with van der Waals surface area (Å²) in [5, 5.41) is 22.5. The van der Waals surface area contributed by atoms with Crippen LogP contribution in [0.25, 0.3) is 0 Å². The lowest BCUT2D eigenvalue weighted by atomic mass is 9.43. The third-order valence-electron chi connectivity index (χ3n) is 9.02. The number of aryl methyl sites for hydroxylation is 2. The maximum Gasteiger partial charge on any atom is 0.0862 e. The zero-order chi connectivity index (χ0) is 24.0. The van der Waals surface area contributed by atoms with Crippen molar-refractivity contribution in [3.05, 3.63) is 70.8 Å². The van der Waals surface area contributed by atoms with Gasteiger partial charge in [-0.2, -0.15) is 0 Å². The summed E-state index contributed by atoms with van der Waals surface area (Å²) in [6.07, 6.45) is 3.62. The van der Waals surface area contributed by atoms with Crippen LogP contribution in [0.5, 0.6) is 0 Å². The molecule has 3 heteroatoms. The Balaban J connectivity index is 1.75. The van der Waals surface area contributed by atoms with Gasteiger partial charge in [-0.1, -0.05) is 74.9 Å². The number of aliphatic hydroxyl groups is 2. The van der Waals surface area contributed by atoms with Crippen LogP contribution in [0.2, 0.25) is 0 Å². The second kappa shape index (κ2) is 8.83. The second-order valence-corrected chi connectivity index (χ2v) is 11.6. The first-order valence-electron chi connectivity index (χ1n) is 12.7. The maximum absolute atomic E-state index is 12.6. The standard InChI is InChI=1S/C30H42O3/c1-20-12-13-23-14-17-30(32)28(4,5)25(15-16-29(30,6)26(23)18-20)27(24-10-8-7-9-11-24)33-22(3)19-21(2)31/h7-13,18,21-22,25,27,31-32H,14-17,19H2,1-6H3/t21-,22-,25?,27+,29-,30-/m1/s1. The van der Waals surface area contributed by atoms with Crippen LogP contribution in [0, 0.1) is 18.3 Å². The van der Waals surface area contributed by atoms with Crippen molar-refractivity contribution in [2.45, 2.75) is 103 Å². The molecule has 0 spiro atoms. The third-order valence-corrected chi connectivity index (χ3v) is 9.02. The van der Waals surface area contributed by atoms with E-state index >= 15 is 0 Å². The topological polar surface area (TPSA) is 49.7 Å². The zero-order valence-corrected chi connectivity index (χ0v) is 21.3. The average Bonchev–Trinajstić information content (AvgIpc) is 2.75. The molecule has 1 saturated carbocycles. The van der Waals surface area contributed by atoms with E-state index in [9.17, 15) is 10.2 Å². The van der Waals surface area contributed by atoms with Crippen LogP contribution < -0.4 is 0 Å². The Kier molecular flexibility index (Phi) is 6.54. The number of rotatable bonds is 6. The number of hydrogen-bond acceptors (Lipinski definition) is 3. The molecular formula is C30H42O3. The maximum atomic E-state index is 12.6. The van der Waals surface area contributed by atoms with E-state index in [2.05, 4.69) is 77.1 Å². The van der Waals surface area contributed by atoms with Crippen LogP contribution in [0.3, 0.4) is 0 Å². The fourth-order valence-corrected chi connectivity index (χ4v) is 7.09. The fourth-order valence-electron chi connectivity index (χ4n) is 7.09. The van der Waals surface area contributed by atoms with E-state index in [1.54, 1.807) is 0 Å². The van der Waals surface area contributed by atoms with Crippen LogP contribution in [-0.4, -0.2) is 28.0 Å². The Morgan fingerprint density at radius 1 is 1.03 bits per heavy atom. The lowest BCUT2D eigenvalue weighted by Gasteiger charge is -2.64. The molecule has 2 aliphatic rings. The van der Waals surface area contributed by atoms with E-state index in [0.717, 1.165) is 31.2 Å². The van der Waals surface area contributed by atoms with Crippen molar-refractivity contribution in [3.8, 4) is 0 Å². The van der Waals surface area contributed by atoms with Gasteiger partial charge >= 0.3 is 0 Å². The summed E-state index contributed by atoms with van der Waals surface area (Å²) in [5.41, 5.74) is 3.69. The van der Waals surface area contributed by atoms with Crippen LogP contribution in [0.4, 0.5) is 0 Å². The molecule has 0 amide bonds. The van der Waals surface area contributed by atoms with Gasteiger partial charge < -0.3 is 14.9 Å². The van der Waals surface area contributed by atoms with Gasteiger partial charge in [0.2, 0.25) is 0 Å². The number of aliphatic hydroxyl groups excluding tert-OH is 1. The normalized spacial score (nSPS) is 31.2. The minimum absolute atomic E-state index is 0.0660. The van der Waals surface area contributed by atoms with E-state index in [0.29, 0.717) is 6.42 Å².